The van der Waals surface area contributed by atoms with Crippen molar-refractivity contribution in [3.63, 3.8) is 0 Å². The van der Waals surface area contributed by atoms with Crippen LogP contribution in [-0.2, 0) is 16.1 Å². The summed E-state index contributed by atoms with van der Waals surface area (Å²) in [5.74, 6) is -1.03. The molecule has 0 spiro atoms. The van der Waals surface area contributed by atoms with Crippen molar-refractivity contribution in [2.24, 2.45) is 0 Å². The van der Waals surface area contributed by atoms with Gasteiger partial charge in [-0.25, -0.2) is 4.79 Å². The zero-order valence-corrected chi connectivity index (χ0v) is 17.2. The molecule has 6 nitrogen and oxygen atoms in total. The lowest BCUT2D eigenvalue weighted by molar-refractivity contribution is -0.124. The van der Waals surface area contributed by atoms with Crippen LogP contribution < -0.4 is 5.32 Å². The van der Waals surface area contributed by atoms with Crippen molar-refractivity contribution in [1.29, 1.82) is 0 Å². The Morgan fingerprint density at radius 1 is 1.14 bits per heavy atom. The van der Waals surface area contributed by atoms with Crippen LogP contribution in [0.15, 0.2) is 60.9 Å². The van der Waals surface area contributed by atoms with E-state index in [4.69, 9.17) is 27.9 Å². The predicted molar refractivity (Wildman–Crippen MR) is 111 cm³/mol. The van der Waals surface area contributed by atoms with Crippen LogP contribution in [0.2, 0.25) is 10.0 Å². The summed E-state index contributed by atoms with van der Waals surface area (Å²) >= 11 is 11.9. The summed E-state index contributed by atoms with van der Waals surface area (Å²) in [5.41, 5.74) is 2.14. The first-order chi connectivity index (χ1) is 13.9. The Balaban J connectivity index is 1.49. The Bertz CT molecular complexity index is 1010. The smallest absolute Gasteiger partial charge is 0.341 e. The first-order valence-corrected chi connectivity index (χ1v) is 9.66. The number of carbonyl (C=O) groups is 2. The maximum absolute atomic E-state index is 12.2. The van der Waals surface area contributed by atoms with E-state index >= 15 is 0 Å². The molecule has 3 rings (SSSR count). The van der Waals surface area contributed by atoms with Crippen LogP contribution in [0.3, 0.4) is 0 Å². The molecular formula is C21H19Cl2N3O3. The lowest BCUT2D eigenvalue weighted by Gasteiger charge is -2.15. The zero-order chi connectivity index (χ0) is 20.8. The number of esters is 1. The molecule has 0 saturated heterocycles. The zero-order valence-electron chi connectivity index (χ0n) is 15.6. The lowest BCUT2D eigenvalue weighted by Crippen LogP contribution is -2.31. The van der Waals surface area contributed by atoms with E-state index in [0.29, 0.717) is 16.6 Å². The number of nitrogens with zero attached hydrogens (tertiary/aromatic N) is 2. The quantitative estimate of drug-likeness (QED) is 0.566. The number of benzene rings is 2. The Labute approximate surface area is 178 Å². The van der Waals surface area contributed by atoms with Gasteiger partial charge in [0.1, 0.15) is 0 Å². The van der Waals surface area contributed by atoms with Gasteiger partial charge in [-0.1, -0.05) is 59.6 Å². The van der Waals surface area contributed by atoms with Crippen molar-refractivity contribution in [1.82, 2.24) is 15.1 Å². The number of carbonyl (C=O) groups excluding carboxylic acids is 2. The number of hydrogen-bond acceptors (Lipinski definition) is 4. The average Bonchev–Trinajstić information content (AvgIpc) is 3.17. The van der Waals surface area contributed by atoms with Gasteiger partial charge in [0.2, 0.25) is 0 Å². The van der Waals surface area contributed by atoms with Crippen LogP contribution in [0.25, 0.3) is 0 Å². The highest BCUT2D eigenvalue weighted by molar-refractivity contribution is 6.42. The van der Waals surface area contributed by atoms with Crippen molar-refractivity contribution < 1.29 is 14.3 Å². The monoisotopic (exact) mass is 431 g/mol. The van der Waals surface area contributed by atoms with Gasteiger partial charge in [0, 0.05) is 6.20 Å². The average molecular weight is 432 g/mol. The van der Waals surface area contributed by atoms with E-state index < -0.39 is 18.5 Å². The minimum absolute atomic E-state index is 0.284. The Kier molecular flexibility index (Phi) is 6.90. The van der Waals surface area contributed by atoms with Gasteiger partial charge >= 0.3 is 5.97 Å². The molecule has 1 amide bonds. The third kappa shape index (κ3) is 5.82. The van der Waals surface area contributed by atoms with Crippen molar-refractivity contribution >= 4 is 35.1 Å². The highest BCUT2D eigenvalue weighted by atomic mass is 35.5. The number of rotatable bonds is 7. The van der Waals surface area contributed by atoms with Gasteiger partial charge < -0.3 is 10.1 Å². The third-order valence-electron chi connectivity index (χ3n) is 4.21. The summed E-state index contributed by atoms with van der Waals surface area (Å²) in [6.45, 7) is 1.94. The molecule has 0 radical (unpaired) electrons. The van der Waals surface area contributed by atoms with Crippen LogP contribution in [0.1, 0.15) is 34.5 Å². The van der Waals surface area contributed by atoms with Gasteiger partial charge in [-0.05, 0) is 30.2 Å². The van der Waals surface area contributed by atoms with Crippen LogP contribution >= 0.6 is 23.2 Å². The molecule has 0 aliphatic rings. The van der Waals surface area contributed by atoms with Crippen molar-refractivity contribution in [2.75, 3.05) is 6.61 Å². The molecule has 1 atom stereocenters. The molecule has 150 valence electrons. The first kappa shape index (κ1) is 20.9. The minimum atomic E-state index is -0.610. The summed E-state index contributed by atoms with van der Waals surface area (Å²) in [6, 6.07) is 14.5. The highest BCUT2D eigenvalue weighted by Gasteiger charge is 2.15. The number of ether oxygens (including phenoxy) is 1. The van der Waals surface area contributed by atoms with E-state index in [1.165, 1.54) is 6.20 Å². The van der Waals surface area contributed by atoms with Crippen LogP contribution in [-0.4, -0.2) is 28.3 Å². The summed E-state index contributed by atoms with van der Waals surface area (Å²) in [5, 5.41) is 7.75. The topological polar surface area (TPSA) is 73.2 Å². The lowest BCUT2D eigenvalue weighted by atomic mass is 10.1. The molecule has 8 heteroatoms. The molecule has 0 bridgehead atoms. The van der Waals surface area contributed by atoms with Crippen LogP contribution in [0, 0.1) is 0 Å². The predicted octanol–water partition coefficient (Wildman–Crippen LogP) is 4.27. The largest absolute Gasteiger partial charge is 0.452 e. The molecule has 1 N–H and O–H groups in total. The van der Waals surface area contributed by atoms with Crippen molar-refractivity contribution in [3.8, 4) is 0 Å². The Morgan fingerprint density at radius 3 is 2.62 bits per heavy atom. The number of halogens is 2. The van der Waals surface area contributed by atoms with Crippen LogP contribution in [0.5, 0.6) is 0 Å². The Morgan fingerprint density at radius 2 is 1.90 bits per heavy atom. The molecule has 1 unspecified atom stereocenters. The molecule has 29 heavy (non-hydrogen) atoms. The standard InChI is InChI=1S/C21H19Cl2N3O3/c1-14(16-7-8-18(22)19(23)9-16)25-20(27)13-29-21(28)17-10-24-26(12-17)11-15-5-3-2-4-6-15/h2-10,12,14H,11,13H2,1H3,(H,25,27). The summed E-state index contributed by atoms with van der Waals surface area (Å²) in [6.07, 6.45) is 3.01. The molecule has 0 aliphatic carbocycles. The highest BCUT2D eigenvalue weighted by Crippen LogP contribution is 2.25. The van der Waals surface area contributed by atoms with E-state index in [1.807, 2.05) is 30.3 Å². The molecule has 0 aliphatic heterocycles. The second-order valence-electron chi connectivity index (χ2n) is 6.45. The Hall–Kier alpha value is -2.83. The van der Waals surface area contributed by atoms with Gasteiger partial charge in [-0.3, -0.25) is 9.48 Å². The summed E-state index contributed by atoms with van der Waals surface area (Å²) in [7, 11) is 0. The fourth-order valence-electron chi connectivity index (χ4n) is 2.69. The van der Waals surface area contributed by atoms with Gasteiger partial charge in [-0.15, -0.1) is 0 Å². The maximum Gasteiger partial charge on any atom is 0.341 e. The first-order valence-electron chi connectivity index (χ1n) is 8.90. The van der Waals surface area contributed by atoms with E-state index in [2.05, 4.69) is 10.4 Å². The minimum Gasteiger partial charge on any atom is -0.452 e. The maximum atomic E-state index is 12.2. The van der Waals surface area contributed by atoms with Gasteiger partial charge in [0.15, 0.2) is 6.61 Å². The van der Waals surface area contributed by atoms with Gasteiger partial charge in [0.05, 0.1) is 34.4 Å². The summed E-state index contributed by atoms with van der Waals surface area (Å²) in [4.78, 5) is 24.3. The van der Waals surface area contributed by atoms with Crippen molar-refractivity contribution in [3.05, 3.63) is 87.7 Å². The molecule has 0 saturated carbocycles. The van der Waals surface area contributed by atoms with Gasteiger partial charge in [-0.2, -0.15) is 5.10 Å². The number of aromatic nitrogens is 2. The van der Waals surface area contributed by atoms with Crippen molar-refractivity contribution in [2.45, 2.75) is 19.5 Å². The molecule has 0 fully saturated rings. The number of nitrogens with one attached hydrogen (secondary N) is 1. The van der Waals surface area contributed by atoms with E-state index in [9.17, 15) is 9.59 Å². The number of amides is 1. The third-order valence-corrected chi connectivity index (χ3v) is 4.95. The second kappa shape index (κ2) is 9.58. The molecule has 3 aromatic rings. The molecule has 1 aromatic heterocycles. The second-order valence-corrected chi connectivity index (χ2v) is 7.27. The fourth-order valence-corrected chi connectivity index (χ4v) is 3.00. The molecule has 1 heterocycles. The molecular weight excluding hydrogens is 413 g/mol. The fraction of sp³-hybridized carbons (Fsp3) is 0.190. The van der Waals surface area contributed by atoms with Crippen LogP contribution in [0.4, 0.5) is 0 Å². The normalized spacial score (nSPS) is 11.7. The van der Waals surface area contributed by atoms with Gasteiger partial charge in [0.25, 0.3) is 5.91 Å². The van der Waals surface area contributed by atoms with E-state index in [1.54, 1.807) is 36.0 Å². The SMILES string of the molecule is CC(NC(=O)COC(=O)c1cnn(Cc2ccccc2)c1)c1ccc(Cl)c(Cl)c1. The summed E-state index contributed by atoms with van der Waals surface area (Å²) < 4.78 is 6.72. The number of hydrogen-bond donors (Lipinski definition) is 1. The van der Waals surface area contributed by atoms with E-state index in [0.717, 1.165) is 11.1 Å². The van der Waals surface area contributed by atoms with E-state index in [-0.39, 0.29) is 11.6 Å². The molecule has 2 aromatic carbocycles.